The largest absolute Gasteiger partial charge is 0.465 e. The average molecular weight is 646 g/mol. The molecule has 0 bridgehead atoms. The molecule has 1 fully saturated rings. The highest BCUT2D eigenvalue weighted by molar-refractivity contribution is 7.98. The fraction of sp³-hybridized carbons (Fsp3) is 0.469. The van der Waals surface area contributed by atoms with Crippen molar-refractivity contribution in [2.24, 2.45) is 5.92 Å². The lowest BCUT2D eigenvalue weighted by atomic mass is 9.84. The minimum Gasteiger partial charge on any atom is -0.465 e. The highest BCUT2D eigenvalue weighted by Gasteiger charge is 2.32. The van der Waals surface area contributed by atoms with Gasteiger partial charge in [0.05, 0.1) is 30.4 Å². The van der Waals surface area contributed by atoms with E-state index in [4.69, 9.17) is 21.1 Å². The van der Waals surface area contributed by atoms with Crippen molar-refractivity contribution in [2.75, 3.05) is 26.0 Å². The molecular formula is C32H40ClN3O7S. The Morgan fingerprint density at radius 1 is 0.977 bits per heavy atom. The number of benzene rings is 2. The monoisotopic (exact) mass is 645 g/mol. The second-order valence-corrected chi connectivity index (χ2v) is 11.8. The molecule has 10 nitrogen and oxygen atoms in total. The topological polar surface area (TPSA) is 140 Å². The number of carbonyl (C=O) groups excluding carboxylic acids is 5. The fourth-order valence-corrected chi connectivity index (χ4v) is 5.61. The molecule has 1 aliphatic carbocycles. The molecule has 1 unspecified atom stereocenters. The summed E-state index contributed by atoms with van der Waals surface area (Å²) in [6.07, 6.45) is 7.26. The number of carbonyl (C=O) groups is 5. The summed E-state index contributed by atoms with van der Waals surface area (Å²) in [6.45, 7) is 1.07. The normalized spacial score (nSPS) is 14.6. The number of thioether (sulfide) groups is 1. The number of amides is 3. The third-order valence-corrected chi connectivity index (χ3v) is 8.34. The predicted octanol–water partition coefficient (Wildman–Crippen LogP) is 4.08. The molecule has 0 saturated heterocycles. The van der Waals surface area contributed by atoms with Gasteiger partial charge in [-0.05, 0) is 49.3 Å². The number of rotatable bonds is 16. The Bertz CT molecular complexity index is 1290. The zero-order valence-corrected chi connectivity index (χ0v) is 26.6. The van der Waals surface area contributed by atoms with Gasteiger partial charge in [0.2, 0.25) is 11.7 Å². The zero-order valence-electron chi connectivity index (χ0n) is 25.1. The van der Waals surface area contributed by atoms with Crippen LogP contribution < -0.4 is 16.0 Å². The molecule has 0 spiro atoms. The van der Waals surface area contributed by atoms with Crippen molar-refractivity contribution in [1.82, 2.24) is 16.0 Å². The molecule has 0 radical (unpaired) electrons. The lowest BCUT2D eigenvalue weighted by Gasteiger charge is -2.28. The van der Waals surface area contributed by atoms with E-state index in [0.29, 0.717) is 6.42 Å². The van der Waals surface area contributed by atoms with Gasteiger partial charge >= 0.3 is 5.97 Å². The van der Waals surface area contributed by atoms with E-state index in [1.54, 1.807) is 25.1 Å². The van der Waals surface area contributed by atoms with Crippen LogP contribution in [0, 0.1) is 5.92 Å². The molecule has 1 saturated carbocycles. The highest BCUT2D eigenvalue weighted by Crippen LogP contribution is 2.28. The van der Waals surface area contributed by atoms with Crippen LogP contribution in [0.25, 0.3) is 0 Å². The van der Waals surface area contributed by atoms with Crippen LogP contribution in [-0.2, 0) is 35.3 Å². The molecule has 1 aliphatic rings. The molecule has 2 atom stereocenters. The van der Waals surface area contributed by atoms with Crippen molar-refractivity contribution in [2.45, 2.75) is 69.0 Å². The molecule has 3 N–H and O–H groups in total. The van der Waals surface area contributed by atoms with E-state index in [2.05, 4.69) is 16.0 Å². The number of hydrogen-bond acceptors (Lipinski definition) is 8. The number of esters is 1. The van der Waals surface area contributed by atoms with Crippen molar-refractivity contribution < 1.29 is 33.4 Å². The lowest BCUT2D eigenvalue weighted by Crippen LogP contribution is -2.56. The summed E-state index contributed by atoms with van der Waals surface area (Å²) in [7, 11) is 0. The third kappa shape index (κ3) is 11.3. The van der Waals surface area contributed by atoms with E-state index in [0.717, 1.165) is 42.6 Å². The first-order valence-electron chi connectivity index (χ1n) is 14.8. The van der Waals surface area contributed by atoms with Crippen LogP contribution >= 0.6 is 23.4 Å². The van der Waals surface area contributed by atoms with Gasteiger partial charge in [0, 0.05) is 4.90 Å². The number of hydrogen-bond donors (Lipinski definition) is 3. The first kappa shape index (κ1) is 35.1. The molecule has 0 heterocycles. The van der Waals surface area contributed by atoms with E-state index in [1.165, 1.54) is 11.8 Å². The fourth-order valence-electron chi connectivity index (χ4n) is 4.96. The highest BCUT2D eigenvalue weighted by atomic mass is 35.5. The Morgan fingerprint density at radius 3 is 2.39 bits per heavy atom. The SMILES string of the molecule is CCOC(=O)CNC(=O)C(=O)C(COCc1ccccc1)NC(=O)[C@@H](CC1CCCCC1)NC(=O)c1cc(SC)ccc1Cl. The second kappa shape index (κ2) is 18.4. The van der Waals surface area contributed by atoms with Crippen LogP contribution in [0.3, 0.4) is 0 Å². The van der Waals surface area contributed by atoms with E-state index in [1.807, 2.05) is 36.6 Å². The lowest BCUT2D eigenvalue weighted by molar-refractivity contribution is -0.146. The zero-order chi connectivity index (χ0) is 31.9. The Hall–Kier alpha value is -3.41. The molecule has 2 aromatic carbocycles. The number of ketones is 1. The van der Waals surface area contributed by atoms with Crippen molar-refractivity contribution in [3.8, 4) is 0 Å². The van der Waals surface area contributed by atoms with Gasteiger partial charge < -0.3 is 25.4 Å². The van der Waals surface area contributed by atoms with Crippen molar-refractivity contribution >= 4 is 52.8 Å². The summed E-state index contributed by atoms with van der Waals surface area (Å²) in [5.41, 5.74) is 1.07. The standard InChI is InChI=1S/C32H40ClN3O7S/c1-3-43-28(37)18-34-32(41)29(38)27(20-42-19-22-12-8-5-9-13-22)36-31(40)26(16-21-10-6-4-7-11-21)35-30(39)24-17-23(44-2)14-15-25(24)33/h5,8-9,12-15,17,21,26-27H,3-4,6-7,10-11,16,18-20H2,1-2H3,(H,34,41)(H,35,39)(H,36,40)/t26-,27?/m1/s1. The Morgan fingerprint density at radius 2 is 1.70 bits per heavy atom. The van der Waals surface area contributed by atoms with Crippen LogP contribution in [0.1, 0.15) is 61.4 Å². The molecule has 0 aliphatic heterocycles. The molecular weight excluding hydrogens is 606 g/mol. The van der Waals surface area contributed by atoms with Gasteiger partial charge in [-0.1, -0.05) is 74.0 Å². The van der Waals surface area contributed by atoms with Crippen LogP contribution in [0.5, 0.6) is 0 Å². The molecule has 3 rings (SSSR count). The van der Waals surface area contributed by atoms with Gasteiger partial charge in [-0.25, -0.2) is 0 Å². The minimum absolute atomic E-state index is 0.121. The summed E-state index contributed by atoms with van der Waals surface area (Å²) in [5.74, 6) is -3.70. The molecule has 238 valence electrons. The van der Waals surface area contributed by atoms with Crippen molar-refractivity contribution in [3.63, 3.8) is 0 Å². The van der Waals surface area contributed by atoms with Gasteiger partial charge in [0.1, 0.15) is 18.6 Å². The number of nitrogens with one attached hydrogen (secondary N) is 3. The molecule has 2 aromatic rings. The Kier molecular flexibility index (Phi) is 14.7. The third-order valence-electron chi connectivity index (χ3n) is 7.29. The van der Waals surface area contributed by atoms with Gasteiger partial charge in [0.25, 0.3) is 11.8 Å². The maximum atomic E-state index is 13.7. The van der Waals surface area contributed by atoms with E-state index in [-0.39, 0.29) is 36.3 Å². The maximum Gasteiger partial charge on any atom is 0.325 e. The second-order valence-electron chi connectivity index (χ2n) is 10.5. The van der Waals surface area contributed by atoms with Crippen LogP contribution in [0.2, 0.25) is 5.02 Å². The molecule has 0 aromatic heterocycles. The van der Waals surface area contributed by atoms with E-state index < -0.39 is 48.1 Å². The maximum absolute atomic E-state index is 13.7. The van der Waals surface area contributed by atoms with Crippen LogP contribution in [0.4, 0.5) is 0 Å². The first-order chi connectivity index (χ1) is 21.2. The average Bonchev–Trinajstić information content (AvgIpc) is 3.03. The van der Waals surface area contributed by atoms with E-state index in [9.17, 15) is 24.0 Å². The van der Waals surface area contributed by atoms with Gasteiger partial charge in [-0.2, -0.15) is 0 Å². The summed E-state index contributed by atoms with van der Waals surface area (Å²) < 4.78 is 10.5. The first-order valence-corrected chi connectivity index (χ1v) is 16.4. The smallest absolute Gasteiger partial charge is 0.325 e. The number of Topliss-reactive ketones (excluding diaryl/α,β-unsaturated/α-hetero) is 1. The van der Waals surface area contributed by atoms with E-state index >= 15 is 0 Å². The minimum atomic E-state index is -1.37. The molecule has 12 heteroatoms. The summed E-state index contributed by atoms with van der Waals surface area (Å²) in [4.78, 5) is 65.5. The summed E-state index contributed by atoms with van der Waals surface area (Å²) in [6, 6.07) is 11.9. The number of ether oxygens (including phenoxy) is 2. The van der Waals surface area contributed by atoms with Crippen LogP contribution in [-0.4, -0.2) is 67.6 Å². The van der Waals surface area contributed by atoms with Crippen LogP contribution in [0.15, 0.2) is 53.4 Å². The van der Waals surface area contributed by atoms with Gasteiger partial charge in [-0.3, -0.25) is 24.0 Å². The summed E-state index contributed by atoms with van der Waals surface area (Å²) in [5, 5.41) is 7.95. The predicted molar refractivity (Wildman–Crippen MR) is 168 cm³/mol. The van der Waals surface area contributed by atoms with Crippen molar-refractivity contribution in [1.29, 1.82) is 0 Å². The van der Waals surface area contributed by atoms with Crippen molar-refractivity contribution in [3.05, 3.63) is 64.7 Å². The van der Waals surface area contributed by atoms with Gasteiger partial charge in [-0.15, -0.1) is 11.8 Å². The van der Waals surface area contributed by atoms with Gasteiger partial charge in [0.15, 0.2) is 0 Å². The summed E-state index contributed by atoms with van der Waals surface area (Å²) >= 11 is 7.79. The molecule has 44 heavy (non-hydrogen) atoms. The Labute approximate surface area is 267 Å². The Balaban J connectivity index is 1.78. The number of halogens is 1. The molecule has 3 amide bonds. The quantitative estimate of drug-likeness (QED) is 0.141.